The van der Waals surface area contributed by atoms with Crippen molar-refractivity contribution in [3.63, 3.8) is 0 Å². The van der Waals surface area contributed by atoms with Crippen LogP contribution in [0.4, 0.5) is 0 Å². The molecule has 0 bridgehead atoms. The van der Waals surface area contributed by atoms with Gasteiger partial charge in [-0.25, -0.2) is 9.36 Å². The molecule has 2 aromatic carbocycles. The lowest BCUT2D eigenvalue weighted by atomic mass is 10.1. The summed E-state index contributed by atoms with van der Waals surface area (Å²) in [5.74, 6) is 1.31. The molecule has 0 radical (unpaired) electrons. The lowest BCUT2D eigenvalue weighted by Crippen LogP contribution is -2.30. The van der Waals surface area contributed by atoms with E-state index in [0.29, 0.717) is 45.1 Å². The van der Waals surface area contributed by atoms with E-state index in [9.17, 15) is 0 Å². The Bertz CT molecular complexity index is 1610. The van der Waals surface area contributed by atoms with E-state index in [-0.39, 0.29) is 0 Å². The zero-order valence-electron chi connectivity index (χ0n) is 28.7. The van der Waals surface area contributed by atoms with Crippen LogP contribution in [-0.4, -0.2) is 81.8 Å². The van der Waals surface area contributed by atoms with Gasteiger partial charge in [0.1, 0.15) is 0 Å². The molecule has 2 aliphatic heterocycles. The SMILES string of the molecule is Cc1cc(OCCCCN2CCCC2)nn1-c1ccc(Cl)c(Cl)c1.Cc1cc(OCCCCN2CCCCC2)nn1-c1ccc(Cl)c(Cl)c1. The van der Waals surface area contributed by atoms with Gasteiger partial charge < -0.3 is 19.3 Å². The van der Waals surface area contributed by atoms with E-state index < -0.39 is 0 Å². The molecule has 6 rings (SSSR count). The van der Waals surface area contributed by atoms with E-state index in [0.717, 1.165) is 35.6 Å². The number of nitrogens with zero attached hydrogens (tertiary/aromatic N) is 6. The van der Waals surface area contributed by atoms with Crippen LogP contribution in [0.15, 0.2) is 48.5 Å². The maximum absolute atomic E-state index is 6.10. The van der Waals surface area contributed by atoms with Crippen LogP contribution in [0.25, 0.3) is 11.4 Å². The maximum Gasteiger partial charge on any atom is 0.233 e. The monoisotopic (exact) mass is 748 g/mol. The maximum atomic E-state index is 6.10. The van der Waals surface area contributed by atoms with E-state index in [1.165, 1.54) is 84.2 Å². The molecule has 0 spiro atoms. The van der Waals surface area contributed by atoms with Crippen LogP contribution in [0.5, 0.6) is 11.8 Å². The fourth-order valence-corrected chi connectivity index (χ4v) is 6.79. The van der Waals surface area contributed by atoms with E-state index in [4.69, 9.17) is 55.9 Å². The Morgan fingerprint density at radius 1 is 0.531 bits per heavy atom. The highest BCUT2D eigenvalue weighted by Gasteiger charge is 2.13. The first-order chi connectivity index (χ1) is 23.8. The van der Waals surface area contributed by atoms with Crippen molar-refractivity contribution in [2.75, 3.05) is 52.5 Å². The molecular weight excluding hydrogens is 702 g/mol. The topological polar surface area (TPSA) is 60.6 Å². The average Bonchev–Trinajstić information content (AvgIpc) is 3.84. The van der Waals surface area contributed by atoms with Crippen molar-refractivity contribution in [1.82, 2.24) is 29.4 Å². The van der Waals surface area contributed by atoms with Crippen LogP contribution < -0.4 is 9.47 Å². The lowest BCUT2D eigenvalue weighted by molar-refractivity contribution is 0.214. The minimum atomic E-state index is 0.522. The predicted molar refractivity (Wildman–Crippen MR) is 202 cm³/mol. The predicted octanol–water partition coefficient (Wildman–Crippen LogP) is 9.87. The van der Waals surface area contributed by atoms with Crippen LogP contribution >= 0.6 is 46.4 Å². The van der Waals surface area contributed by atoms with Gasteiger partial charge in [0.25, 0.3) is 0 Å². The minimum Gasteiger partial charge on any atom is -0.477 e. The minimum absolute atomic E-state index is 0.522. The first kappa shape index (κ1) is 37.8. The molecule has 2 saturated heterocycles. The Hall–Kier alpha value is -2.46. The molecule has 266 valence electrons. The summed E-state index contributed by atoms with van der Waals surface area (Å²) in [6.07, 6.45) is 11.2. The number of rotatable bonds is 14. The molecule has 2 aliphatic rings. The normalized spacial score (nSPS) is 15.3. The summed E-state index contributed by atoms with van der Waals surface area (Å²) >= 11 is 24.1. The van der Waals surface area contributed by atoms with Crippen LogP contribution in [0, 0.1) is 13.8 Å². The van der Waals surface area contributed by atoms with Crippen molar-refractivity contribution < 1.29 is 9.47 Å². The molecule has 8 nitrogen and oxygen atoms in total. The van der Waals surface area contributed by atoms with E-state index in [1.807, 2.05) is 59.6 Å². The molecule has 0 N–H and O–H groups in total. The Morgan fingerprint density at radius 2 is 0.939 bits per heavy atom. The summed E-state index contributed by atoms with van der Waals surface area (Å²) in [7, 11) is 0. The Morgan fingerprint density at radius 3 is 1.35 bits per heavy atom. The highest BCUT2D eigenvalue weighted by atomic mass is 35.5. The quantitative estimate of drug-likeness (QED) is 0.120. The number of ether oxygens (including phenoxy) is 2. The second-order valence-corrected chi connectivity index (χ2v) is 14.5. The highest BCUT2D eigenvalue weighted by molar-refractivity contribution is 6.42. The molecule has 0 aliphatic carbocycles. The van der Waals surface area contributed by atoms with Gasteiger partial charge in [-0.2, -0.15) is 0 Å². The van der Waals surface area contributed by atoms with Crippen molar-refractivity contribution in [3.05, 3.63) is 80.0 Å². The highest BCUT2D eigenvalue weighted by Crippen LogP contribution is 2.27. The number of aromatic nitrogens is 4. The lowest BCUT2D eigenvalue weighted by Gasteiger charge is -2.26. The van der Waals surface area contributed by atoms with Gasteiger partial charge in [-0.3, -0.25) is 0 Å². The van der Waals surface area contributed by atoms with Crippen molar-refractivity contribution >= 4 is 46.4 Å². The average molecular weight is 751 g/mol. The van der Waals surface area contributed by atoms with E-state index >= 15 is 0 Å². The molecule has 0 saturated carbocycles. The van der Waals surface area contributed by atoms with Crippen molar-refractivity contribution in [2.24, 2.45) is 0 Å². The van der Waals surface area contributed by atoms with Crippen molar-refractivity contribution in [2.45, 2.75) is 71.6 Å². The van der Waals surface area contributed by atoms with Gasteiger partial charge in [-0.1, -0.05) is 52.8 Å². The van der Waals surface area contributed by atoms with Crippen molar-refractivity contribution in [1.29, 1.82) is 0 Å². The van der Waals surface area contributed by atoms with Gasteiger partial charge in [0.15, 0.2) is 0 Å². The zero-order chi connectivity index (χ0) is 34.6. The third-order valence-electron chi connectivity index (χ3n) is 8.91. The number of hydrogen-bond donors (Lipinski definition) is 0. The number of aryl methyl sites for hydroxylation is 2. The molecule has 2 aromatic heterocycles. The van der Waals surface area contributed by atoms with Crippen LogP contribution in [-0.2, 0) is 0 Å². The third-order valence-corrected chi connectivity index (χ3v) is 10.4. The molecule has 0 unspecified atom stereocenters. The summed E-state index contributed by atoms with van der Waals surface area (Å²) in [4.78, 5) is 5.09. The Balaban J connectivity index is 0.000000191. The largest absolute Gasteiger partial charge is 0.477 e. The summed E-state index contributed by atoms with van der Waals surface area (Å²) < 4.78 is 15.3. The molecule has 0 amide bonds. The number of unbranched alkanes of at least 4 members (excludes halogenated alkanes) is 2. The molecule has 2 fully saturated rings. The Kier molecular flexibility index (Phi) is 14.8. The fourth-order valence-electron chi connectivity index (χ4n) is 6.21. The summed E-state index contributed by atoms with van der Waals surface area (Å²) in [5.41, 5.74) is 3.76. The zero-order valence-corrected chi connectivity index (χ0v) is 31.7. The van der Waals surface area contributed by atoms with Crippen molar-refractivity contribution in [3.8, 4) is 23.1 Å². The summed E-state index contributed by atoms with van der Waals surface area (Å²) in [6.45, 7) is 12.8. The van der Waals surface area contributed by atoms with Crippen LogP contribution in [0.3, 0.4) is 0 Å². The molecule has 4 aromatic rings. The Labute approximate surface area is 311 Å². The third kappa shape index (κ3) is 11.5. The molecule has 12 heteroatoms. The van der Waals surface area contributed by atoms with Gasteiger partial charge in [0.2, 0.25) is 11.8 Å². The summed E-state index contributed by atoms with van der Waals surface area (Å²) in [5, 5.41) is 11.2. The molecule has 49 heavy (non-hydrogen) atoms. The second kappa shape index (κ2) is 19.2. The van der Waals surface area contributed by atoms with Crippen LogP contribution in [0.1, 0.15) is 69.2 Å². The molecule has 0 atom stereocenters. The number of piperidine rings is 1. The smallest absolute Gasteiger partial charge is 0.233 e. The van der Waals surface area contributed by atoms with E-state index in [2.05, 4.69) is 20.0 Å². The standard InChI is InChI=1S/C19H25Cl2N3O.C18H23Cl2N3O/c1-15-13-19(22-24(15)16-7-8-17(20)18(21)14-16)25-12-6-5-11-23-9-3-2-4-10-23;1-14-12-18(24-11-5-4-10-22-8-2-3-9-22)21-23(14)15-6-7-16(19)17(20)13-15/h7-8,13-14H,2-6,9-12H2,1H3;6-7,12-13H,2-5,8-11H2,1H3. The number of likely N-dealkylation sites (tertiary alicyclic amines) is 2. The number of hydrogen-bond acceptors (Lipinski definition) is 6. The molecule has 4 heterocycles. The first-order valence-electron chi connectivity index (χ1n) is 17.5. The van der Waals surface area contributed by atoms with Gasteiger partial charge in [-0.15, -0.1) is 10.2 Å². The van der Waals surface area contributed by atoms with E-state index in [1.54, 1.807) is 12.1 Å². The van der Waals surface area contributed by atoms with Gasteiger partial charge >= 0.3 is 0 Å². The van der Waals surface area contributed by atoms with Crippen LogP contribution in [0.2, 0.25) is 20.1 Å². The van der Waals surface area contributed by atoms with Gasteiger partial charge in [-0.05, 0) is 141 Å². The fraction of sp³-hybridized carbons (Fsp3) is 0.514. The summed E-state index contributed by atoms with van der Waals surface area (Å²) in [6, 6.07) is 14.9. The van der Waals surface area contributed by atoms with Gasteiger partial charge in [0, 0.05) is 23.5 Å². The number of benzene rings is 2. The van der Waals surface area contributed by atoms with Gasteiger partial charge in [0.05, 0.1) is 44.7 Å². The number of halogens is 4. The molecular formula is C37H48Cl4N6O2. The first-order valence-corrected chi connectivity index (χ1v) is 19.0. The second-order valence-electron chi connectivity index (χ2n) is 12.8.